The topological polar surface area (TPSA) is 81.5 Å². The summed E-state index contributed by atoms with van der Waals surface area (Å²) < 4.78 is 19.2. The third-order valence-electron chi connectivity index (χ3n) is 5.11. The van der Waals surface area contributed by atoms with Crippen LogP contribution in [0.2, 0.25) is 0 Å². The predicted molar refractivity (Wildman–Crippen MR) is 99.7 cm³/mol. The van der Waals surface area contributed by atoms with E-state index in [0.717, 1.165) is 5.56 Å². The molecule has 1 fully saturated rings. The zero-order valence-corrected chi connectivity index (χ0v) is 15.0. The number of anilines is 1. The van der Waals surface area contributed by atoms with Gasteiger partial charge in [0.1, 0.15) is 11.5 Å². The van der Waals surface area contributed by atoms with Crippen molar-refractivity contribution in [1.29, 1.82) is 0 Å². The number of nitrogens with one attached hydrogen (secondary N) is 1. The third-order valence-corrected chi connectivity index (χ3v) is 5.11. The molecule has 0 bridgehead atoms. The van der Waals surface area contributed by atoms with Crippen molar-refractivity contribution in [3.63, 3.8) is 0 Å². The van der Waals surface area contributed by atoms with Crippen molar-refractivity contribution in [2.45, 2.75) is 25.2 Å². The van der Waals surface area contributed by atoms with Gasteiger partial charge in [0.15, 0.2) is 5.78 Å². The molecule has 7 heteroatoms. The van der Waals surface area contributed by atoms with Crippen LogP contribution in [0.5, 0.6) is 0 Å². The zero-order chi connectivity index (χ0) is 19.4. The van der Waals surface area contributed by atoms with Gasteiger partial charge in [0.2, 0.25) is 0 Å². The molecular weight excluding hydrogens is 351 g/mol. The van der Waals surface area contributed by atoms with E-state index in [-0.39, 0.29) is 28.3 Å². The molecule has 0 unspecified atom stereocenters. The van der Waals surface area contributed by atoms with Crippen molar-refractivity contribution < 1.29 is 18.8 Å². The van der Waals surface area contributed by atoms with E-state index >= 15 is 0 Å². The number of carbonyl (C=O) groups excluding carboxylic acids is 1. The maximum atomic E-state index is 13.8. The van der Waals surface area contributed by atoms with E-state index in [4.69, 9.17) is 4.74 Å². The van der Waals surface area contributed by atoms with Gasteiger partial charge in [-0.15, -0.1) is 0 Å². The molecule has 1 aliphatic rings. The van der Waals surface area contributed by atoms with E-state index in [1.165, 1.54) is 25.1 Å². The molecular formula is C20H21FN2O4. The fraction of sp³-hybridized carbons (Fsp3) is 0.350. The molecule has 2 aromatic carbocycles. The predicted octanol–water partition coefficient (Wildman–Crippen LogP) is 4.10. The van der Waals surface area contributed by atoms with Crippen molar-refractivity contribution in [1.82, 2.24) is 0 Å². The minimum absolute atomic E-state index is 0.149. The molecule has 0 amide bonds. The summed E-state index contributed by atoms with van der Waals surface area (Å²) in [4.78, 5) is 22.4. The van der Waals surface area contributed by atoms with Crippen LogP contribution in [0, 0.1) is 15.9 Å². The first-order valence-electron chi connectivity index (χ1n) is 8.78. The highest BCUT2D eigenvalue weighted by Crippen LogP contribution is 2.36. The van der Waals surface area contributed by atoms with Gasteiger partial charge in [0.05, 0.1) is 4.92 Å². The highest BCUT2D eigenvalue weighted by Gasteiger charge is 2.35. The molecule has 6 nitrogen and oxygen atoms in total. The smallest absolute Gasteiger partial charge is 0.293 e. The summed E-state index contributed by atoms with van der Waals surface area (Å²) in [5, 5.41) is 14.6. The van der Waals surface area contributed by atoms with Crippen LogP contribution >= 0.6 is 0 Å². The lowest BCUT2D eigenvalue weighted by molar-refractivity contribution is -0.384. The van der Waals surface area contributed by atoms with Crippen LogP contribution < -0.4 is 5.32 Å². The summed E-state index contributed by atoms with van der Waals surface area (Å²) in [6, 6.07) is 10.9. The van der Waals surface area contributed by atoms with E-state index in [2.05, 4.69) is 5.32 Å². The standard InChI is InChI=1S/C20H21FN2O4/c1-14(24)15-5-6-18(19(11-15)23(25)26)22-13-20(7-9-27-10-8-20)16-3-2-4-17(21)12-16/h2-6,11-12,22H,7-10,13H2,1H3. The second-order valence-corrected chi connectivity index (χ2v) is 6.80. The molecule has 1 saturated heterocycles. The molecule has 27 heavy (non-hydrogen) atoms. The Labute approximate surface area is 156 Å². The second kappa shape index (κ2) is 7.84. The molecule has 0 atom stereocenters. The van der Waals surface area contributed by atoms with Gasteiger partial charge in [-0.1, -0.05) is 12.1 Å². The van der Waals surface area contributed by atoms with Crippen LogP contribution in [-0.4, -0.2) is 30.5 Å². The molecule has 0 spiro atoms. The SMILES string of the molecule is CC(=O)c1ccc(NCC2(c3cccc(F)c3)CCOCC2)c([N+](=O)[O-])c1. The first kappa shape index (κ1) is 19.0. The Morgan fingerprint density at radius 2 is 2.00 bits per heavy atom. The van der Waals surface area contributed by atoms with Gasteiger partial charge in [0, 0.05) is 36.8 Å². The average molecular weight is 372 g/mol. The van der Waals surface area contributed by atoms with Gasteiger partial charge in [-0.3, -0.25) is 14.9 Å². The van der Waals surface area contributed by atoms with Crippen LogP contribution in [0.15, 0.2) is 42.5 Å². The Bertz CT molecular complexity index is 863. The number of nitrogens with zero attached hydrogens (tertiary/aromatic N) is 1. The summed E-state index contributed by atoms with van der Waals surface area (Å²) in [6.07, 6.45) is 1.37. The van der Waals surface area contributed by atoms with Crippen LogP contribution in [-0.2, 0) is 10.2 Å². The van der Waals surface area contributed by atoms with Gasteiger partial charge in [-0.2, -0.15) is 0 Å². The lowest BCUT2D eigenvalue weighted by atomic mass is 9.74. The van der Waals surface area contributed by atoms with Crippen LogP contribution in [0.25, 0.3) is 0 Å². The average Bonchev–Trinajstić information content (AvgIpc) is 2.67. The van der Waals surface area contributed by atoms with Crippen LogP contribution in [0.1, 0.15) is 35.7 Å². The molecule has 0 radical (unpaired) electrons. The second-order valence-electron chi connectivity index (χ2n) is 6.80. The maximum Gasteiger partial charge on any atom is 0.293 e. The van der Waals surface area contributed by atoms with Crippen molar-refractivity contribution in [2.75, 3.05) is 25.1 Å². The number of nitro benzene ring substituents is 1. The third kappa shape index (κ3) is 4.14. The van der Waals surface area contributed by atoms with Crippen molar-refractivity contribution >= 4 is 17.2 Å². The summed E-state index contributed by atoms with van der Waals surface area (Å²) in [7, 11) is 0. The monoisotopic (exact) mass is 372 g/mol. The minimum Gasteiger partial charge on any atom is -0.381 e. The van der Waals surface area contributed by atoms with E-state index in [9.17, 15) is 19.3 Å². The van der Waals surface area contributed by atoms with E-state index < -0.39 is 4.92 Å². The number of hydrogen-bond donors (Lipinski definition) is 1. The number of ether oxygens (including phenoxy) is 1. The summed E-state index contributed by atoms with van der Waals surface area (Å²) >= 11 is 0. The van der Waals surface area contributed by atoms with E-state index in [1.807, 2.05) is 6.07 Å². The number of carbonyl (C=O) groups is 1. The Morgan fingerprint density at radius 1 is 1.26 bits per heavy atom. The number of nitro groups is 1. The quantitative estimate of drug-likeness (QED) is 0.469. The zero-order valence-electron chi connectivity index (χ0n) is 15.0. The maximum absolute atomic E-state index is 13.8. The highest BCUT2D eigenvalue weighted by molar-refractivity contribution is 5.95. The van der Waals surface area contributed by atoms with E-state index in [0.29, 0.717) is 38.3 Å². The number of rotatable bonds is 6. The van der Waals surface area contributed by atoms with E-state index in [1.54, 1.807) is 18.2 Å². The number of Topliss-reactive ketones (excluding diaryl/α,β-unsaturated/α-hetero) is 1. The number of ketones is 1. The van der Waals surface area contributed by atoms with Crippen molar-refractivity contribution in [3.05, 3.63) is 69.5 Å². The largest absolute Gasteiger partial charge is 0.381 e. The molecule has 1 aliphatic heterocycles. The van der Waals surface area contributed by atoms with Crippen molar-refractivity contribution in [3.8, 4) is 0 Å². The highest BCUT2D eigenvalue weighted by atomic mass is 19.1. The van der Waals surface area contributed by atoms with Gasteiger partial charge in [-0.25, -0.2) is 4.39 Å². The van der Waals surface area contributed by atoms with Crippen molar-refractivity contribution in [2.24, 2.45) is 0 Å². The minimum atomic E-state index is -0.506. The number of benzene rings is 2. The lowest BCUT2D eigenvalue weighted by Crippen LogP contribution is -2.40. The molecule has 142 valence electrons. The number of halogens is 1. The normalized spacial score (nSPS) is 15.9. The molecule has 1 heterocycles. The van der Waals surface area contributed by atoms with Gasteiger partial charge in [-0.05, 0) is 49.6 Å². The molecule has 0 aromatic heterocycles. The Morgan fingerprint density at radius 3 is 2.63 bits per heavy atom. The molecule has 0 saturated carbocycles. The molecule has 0 aliphatic carbocycles. The van der Waals surface area contributed by atoms with Crippen LogP contribution in [0.3, 0.4) is 0 Å². The summed E-state index contributed by atoms with van der Waals surface area (Å²) in [5.41, 5.74) is 0.948. The lowest BCUT2D eigenvalue weighted by Gasteiger charge is -2.38. The fourth-order valence-electron chi connectivity index (χ4n) is 3.46. The first-order valence-corrected chi connectivity index (χ1v) is 8.78. The Kier molecular flexibility index (Phi) is 5.51. The first-order chi connectivity index (χ1) is 12.9. The molecule has 1 N–H and O–H groups in total. The van der Waals surface area contributed by atoms with Gasteiger partial charge >= 0.3 is 0 Å². The Hall–Kier alpha value is -2.80. The Balaban J connectivity index is 1.90. The molecule has 3 rings (SSSR count). The number of hydrogen-bond acceptors (Lipinski definition) is 5. The van der Waals surface area contributed by atoms with Gasteiger partial charge < -0.3 is 10.1 Å². The van der Waals surface area contributed by atoms with Gasteiger partial charge in [0.25, 0.3) is 5.69 Å². The summed E-state index contributed by atoms with van der Waals surface area (Å²) in [5.74, 6) is -0.541. The summed E-state index contributed by atoms with van der Waals surface area (Å²) in [6.45, 7) is 2.86. The van der Waals surface area contributed by atoms with Crippen LogP contribution in [0.4, 0.5) is 15.8 Å². The molecule has 2 aromatic rings. The fourth-order valence-corrected chi connectivity index (χ4v) is 3.46.